The molecule has 1 fully saturated rings. The zero-order valence-electron chi connectivity index (χ0n) is 10.8. The fraction of sp³-hybridized carbons (Fsp3) is 0.417. The molecule has 0 bridgehead atoms. The molecule has 9 heteroatoms. The van der Waals surface area contributed by atoms with Crippen molar-refractivity contribution >= 4 is 27.5 Å². The molecule has 1 aromatic rings. The van der Waals surface area contributed by atoms with Crippen molar-refractivity contribution in [2.45, 2.75) is 29.7 Å². The lowest BCUT2D eigenvalue weighted by atomic mass is 10.1. The third-order valence-electron chi connectivity index (χ3n) is 3.03. The van der Waals surface area contributed by atoms with Crippen LogP contribution in [-0.4, -0.2) is 32.8 Å². The molecule has 0 radical (unpaired) electrons. The van der Waals surface area contributed by atoms with Crippen molar-refractivity contribution in [1.29, 1.82) is 0 Å². The van der Waals surface area contributed by atoms with Crippen LogP contribution in [0.5, 0.6) is 0 Å². The second-order valence-electron chi connectivity index (χ2n) is 4.73. The molecule has 0 spiro atoms. The molecule has 1 aliphatic heterocycles. The summed E-state index contributed by atoms with van der Waals surface area (Å²) < 4.78 is 53.2. The van der Waals surface area contributed by atoms with Gasteiger partial charge in [0, 0.05) is 24.4 Å². The average Bonchev–Trinajstić information content (AvgIpc) is 2.48. The van der Waals surface area contributed by atoms with Crippen LogP contribution in [0, 0.1) is 0 Å². The minimum absolute atomic E-state index is 0.146. The first-order valence-corrected chi connectivity index (χ1v) is 7.99. The SMILES string of the molecule is O=C1NCCC(F)(F)C[C@H]1NS(=O)(=O)c1ccc(Cl)cc1. The highest BCUT2D eigenvalue weighted by molar-refractivity contribution is 7.89. The van der Waals surface area contributed by atoms with Crippen LogP contribution >= 0.6 is 11.6 Å². The molecule has 0 aliphatic carbocycles. The topological polar surface area (TPSA) is 75.3 Å². The van der Waals surface area contributed by atoms with E-state index in [0.29, 0.717) is 5.02 Å². The van der Waals surface area contributed by atoms with Crippen LogP contribution in [0.3, 0.4) is 0 Å². The van der Waals surface area contributed by atoms with Crippen molar-refractivity contribution in [1.82, 2.24) is 10.0 Å². The van der Waals surface area contributed by atoms with Crippen molar-refractivity contribution in [3.63, 3.8) is 0 Å². The van der Waals surface area contributed by atoms with Gasteiger partial charge in [0.25, 0.3) is 5.92 Å². The third-order valence-corrected chi connectivity index (χ3v) is 4.77. The molecule has 1 amide bonds. The largest absolute Gasteiger partial charge is 0.354 e. The molecule has 116 valence electrons. The quantitative estimate of drug-likeness (QED) is 0.877. The van der Waals surface area contributed by atoms with Gasteiger partial charge in [-0.05, 0) is 24.3 Å². The summed E-state index contributed by atoms with van der Waals surface area (Å²) in [4.78, 5) is 11.5. The van der Waals surface area contributed by atoms with E-state index in [2.05, 4.69) is 5.32 Å². The van der Waals surface area contributed by atoms with Gasteiger partial charge in [-0.15, -0.1) is 0 Å². The van der Waals surface area contributed by atoms with Gasteiger partial charge in [-0.1, -0.05) is 11.6 Å². The Hall–Kier alpha value is -1.25. The summed E-state index contributed by atoms with van der Waals surface area (Å²) in [5.41, 5.74) is 0. The van der Waals surface area contributed by atoms with Crippen LogP contribution in [-0.2, 0) is 14.8 Å². The van der Waals surface area contributed by atoms with Gasteiger partial charge in [0.05, 0.1) is 4.90 Å². The lowest BCUT2D eigenvalue weighted by Gasteiger charge is -2.19. The van der Waals surface area contributed by atoms with Crippen LogP contribution in [0.25, 0.3) is 0 Å². The highest BCUT2D eigenvalue weighted by Crippen LogP contribution is 2.27. The Labute approximate surface area is 125 Å². The Morgan fingerprint density at radius 1 is 1.29 bits per heavy atom. The van der Waals surface area contributed by atoms with E-state index in [1.807, 2.05) is 4.72 Å². The second-order valence-corrected chi connectivity index (χ2v) is 6.88. The number of sulfonamides is 1. The molecule has 0 saturated carbocycles. The Morgan fingerprint density at radius 3 is 2.52 bits per heavy atom. The second kappa shape index (κ2) is 5.86. The number of benzene rings is 1. The summed E-state index contributed by atoms with van der Waals surface area (Å²) in [6.07, 6.45) is -1.39. The van der Waals surface area contributed by atoms with E-state index in [-0.39, 0.29) is 11.4 Å². The summed E-state index contributed by atoms with van der Waals surface area (Å²) in [7, 11) is -4.08. The molecule has 2 rings (SSSR count). The highest BCUT2D eigenvalue weighted by Gasteiger charge is 2.40. The first-order valence-electron chi connectivity index (χ1n) is 6.13. The molecule has 0 aromatic heterocycles. The van der Waals surface area contributed by atoms with Gasteiger partial charge in [0.2, 0.25) is 15.9 Å². The predicted octanol–water partition coefficient (Wildman–Crippen LogP) is 1.53. The Morgan fingerprint density at radius 2 is 1.90 bits per heavy atom. The minimum Gasteiger partial charge on any atom is -0.354 e. The van der Waals surface area contributed by atoms with Crippen LogP contribution in [0.15, 0.2) is 29.2 Å². The monoisotopic (exact) mass is 338 g/mol. The highest BCUT2D eigenvalue weighted by atomic mass is 35.5. The molecular formula is C12H13ClF2N2O3S. The van der Waals surface area contributed by atoms with Crippen molar-refractivity contribution in [2.75, 3.05) is 6.54 Å². The molecule has 1 atom stereocenters. The maximum Gasteiger partial charge on any atom is 0.251 e. The smallest absolute Gasteiger partial charge is 0.251 e. The zero-order chi connectivity index (χ0) is 15.7. The summed E-state index contributed by atoms with van der Waals surface area (Å²) >= 11 is 5.66. The zero-order valence-corrected chi connectivity index (χ0v) is 12.3. The Bertz CT molecular complexity index is 634. The van der Waals surface area contributed by atoms with Crippen LogP contribution < -0.4 is 10.0 Å². The predicted molar refractivity (Wildman–Crippen MR) is 72.8 cm³/mol. The fourth-order valence-electron chi connectivity index (χ4n) is 1.95. The van der Waals surface area contributed by atoms with Gasteiger partial charge in [-0.2, -0.15) is 4.72 Å². The standard InChI is InChI=1S/C12H13ClF2N2O3S/c13-8-1-3-9(4-2-8)21(19,20)17-10-7-12(14,15)5-6-16-11(10)18/h1-4,10,17H,5-7H2,(H,16,18)/t10-/m1/s1. The van der Waals surface area contributed by atoms with E-state index in [1.54, 1.807) is 0 Å². The van der Waals surface area contributed by atoms with Crippen molar-refractivity contribution in [3.8, 4) is 0 Å². The van der Waals surface area contributed by atoms with E-state index in [4.69, 9.17) is 11.6 Å². The van der Waals surface area contributed by atoms with Crippen molar-refractivity contribution in [3.05, 3.63) is 29.3 Å². The third kappa shape index (κ3) is 4.12. The number of carbonyl (C=O) groups excluding carboxylic acids is 1. The normalized spacial score (nSPS) is 22.4. The maximum absolute atomic E-state index is 13.5. The molecular weight excluding hydrogens is 326 g/mol. The lowest BCUT2D eigenvalue weighted by Crippen LogP contribution is -2.46. The minimum atomic E-state index is -4.08. The number of amides is 1. The molecule has 1 heterocycles. The first kappa shape index (κ1) is 16.1. The van der Waals surface area contributed by atoms with E-state index in [0.717, 1.165) is 0 Å². The molecule has 0 unspecified atom stereocenters. The summed E-state index contributed by atoms with van der Waals surface area (Å²) in [5.74, 6) is -3.86. The van der Waals surface area contributed by atoms with Gasteiger partial charge in [-0.25, -0.2) is 17.2 Å². The van der Waals surface area contributed by atoms with E-state index < -0.39 is 40.7 Å². The number of rotatable bonds is 3. The fourth-order valence-corrected chi connectivity index (χ4v) is 3.27. The van der Waals surface area contributed by atoms with E-state index in [9.17, 15) is 22.0 Å². The summed E-state index contributed by atoms with van der Waals surface area (Å²) in [6, 6.07) is 3.67. The number of halogens is 3. The number of nitrogens with one attached hydrogen (secondary N) is 2. The van der Waals surface area contributed by atoms with E-state index >= 15 is 0 Å². The summed E-state index contributed by atoms with van der Waals surface area (Å²) in [6.45, 7) is -0.189. The van der Waals surface area contributed by atoms with Crippen LogP contribution in [0.2, 0.25) is 5.02 Å². The van der Waals surface area contributed by atoms with Crippen LogP contribution in [0.4, 0.5) is 8.78 Å². The Balaban J connectivity index is 2.22. The summed E-state index contributed by atoms with van der Waals surface area (Å²) in [5, 5.41) is 2.61. The average molecular weight is 339 g/mol. The van der Waals surface area contributed by atoms with Crippen molar-refractivity contribution < 1.29 is 22.0 Å². The Kier molecular flexibility index (Phi) is 4.50. The number of hydrogen-bond donors (Lipinski definition) is 2. The maximum atomic E-state index is 13.5. The van der Waals surface area contributed by atoms with Crippen LogP contribution in [0.1, 0.15) is 12.8 Å². The van der Waals surface area contributed by atoms with Gasteiger partial charge < -0.3 is 5.32 Å². The van der Waals surface area contributed by atoms with Gasteiger partial charge in [-0.3, -0.25) is 4.79 Å². The van der Waals surface area contributed by atoms with Gasteiger partial charge >= 0.3 is 0 Å². The molecule has 2 N–H and O–H groups in total. The van der Waals surface area contributed by atoms with Crippen molar-refractivity contribution in [2.24, 2.45) is 0 Å². The first-order chi connectivity index (χ1) is 9.70. The number of hydrogen-bond acceptors (Lipinski definition) is 3. The molecule has 1 aromatic carbocycles. The number of alkyl halides is 2. The molecule has 1 saturated heterocycles. The van der Waals surface area contributed by atoms with Gasteiger partial charge in [0.15, 0.2) is 0 Å². The number of carbonyl (C=O) groups is 1. The lowest BCUT2D eigenvalue weighted by molar-refractivity contribution is -0.123. The van der Waals surface area contributed by atoms with E-state index in [1.165, 1.54) is 24.3 Å². The molecule has 21 heavy (non-hydrogen) atoms. The molecule has 1 aliphatic rings. The molecule has 5 nitrogen and oxygen atoms in total. The van der Waals surface area contributed by atoms with Gasteiger partial charge in [0.1, 0.15) is 6.04 Å².